The number of nitrogens with zero attached hydrogens (tertiary/aromatic N) is 3. The standard InChI is InChI=1S/C23H19Cl2N3O2/c1-23(13-15-5-7-16(8-6-15)17-4-3-9-26-14-17)21(29)28(22(30)27(23)2)20-11-18(24)10-19(25)12-20/h3-12,14H,13H2,1-2H3. The van der Waals surface area contributed by atoms with Crippen molar-refractivity contribution in [2.24, 2.45) is 0 Å². The maximum absolute atomic E-state index is 13.3. The van der Waals surface area contributed by atoms with Gasteiger partial charge in [0.25, 0.3) is 5.91 Å². The van der Waals surface area contributed by atoms with E-state index in [9.17, 15) is 9.59 Å². The van der Waals surface area contributed by atoms with Crippen molar-refractivity contribution in [2.75, 3.05) is 11.9 Å². The molecule has 3 aromatic rings. The summed E-state index contributed by atoms with van der Waals surface area (Å²) in [5.41, 5.74) is 2.34. The van der Waals surface area contributed by atoms with E-state index >= 15 is 0 Å². The van der Waals surface area contributed by atoms with Crippen LogP contribution >= 0.6 is 23.2 Å². The van der Waals surface area contributed by atoms with Crippen LogP contribution in [0.25, 0.3) is 11.1 Å². The fraction of sp³-hybridized carbons (Fsp3) is 0.174. The molecule has 5 nitrogen and oxygen atoms in total. The van der Waals surface area contributed by atoms with Crippen LogP contribution in [0.5, 0.6) is 0 Å². The lowest BCUT2D eigenvalue weighted by atomic mass is 9.90. The van der Waals surface area contributed by atoms with E-state index in [1.807, 2.05) is 36.4 Å². The second-order valence-corrected chi connectivity index (χ2v) is 8.37. The summed E-state index contributed by atoms with van der Waals surface area (Å²) in [5, 5.41) is 0.723. The molecule has 0 N–H and O–H groups in total. The van der Waals surface area contributed by atoms with E-state index in [4.69, 9.17) is 23.2 Å². The van der Waals surface area contributed by atoms with Crippen LogP contribution in [0.4, 0.5) is 10.5 Å². The van der Waals surface area contributed by atoms with Gasteiger partial charge in [-0.1, -0.05) is 53.5 Å². The van der Waals surface area contributed by atoms with Gasteiger partial charge in [0.2, 0.25) is 0 Å². The number of carbonyl (C=O) groups is 2. The Kier molecular flexibility index (Phi) is 5.26. The van der Waals surface area contributed by atoms with Crippen molar-refractivity contribution >= 4 is 40.8 Å². The number of benzene rings is 2. The average Bonchev–Trinajstić information content (AvgIpc) is 2.89. The Hall–Kier alpha value is -2.89. The zero-order valence-corrected chi connectivity index (χ0v) is 18.0. The molecule has 0 bridgehead atoms. The quantitative estimate of drug-likeness (QED) is 0.507. The number of pyridine rings is 1. The Bertz CT molecular complexity index is 1100. The summed E-state index contributed by atoms with van der Waals surface area (Å²) in [6.45, 7) is 1.77. The van der Waals surface area contributed by atoms with Gasteiger partial charge in [-0.25, -0.2) is 9.69 Å². The van der Waals surface area contributed by atoms with Crippen molar-refractivity contribution in [3.8, 4) is 11.1 Å². The number of hydrogen-bond acceptors (Lipinski definition) is 3. The molecule has 0 radical (unpaired) electrons. The maximum atomic E-state index is 13.3. The van der Waals surface area contributed by atoms with Crippen LogP contribution in [-0.2, 0) is 11.2 Å². The van der Waals surface area contributed by atoms with Crippen LogP contribution in [0, 0.1) is 0 Å². The van der Waals surface area contributed by atoms with Gasteiger partial charge >= 0.3 is 6.03 Å². The van der Waals surface area contributed by atoms with Crippen LogP contribution in [0.15, 0.2) is 67.0 Å². The van der Waals surface area contributed by atoms with Gasteiger partial charge in [0.05, 0.1) is 5.69 Å². The highest BCUT2D eigenvalue weighted by Gasteiger charge is 2.53. The fourth-order valence-electron chi connectivity index (χ4n) is 3.67. The van der Waals surface area contributed by atoms with Gasteiger partial charge in [-0.2, -0.15) is 0 Å². The summed E-state index contributed by atoms with van der Waals surface area (Å²) in [6, 6.07) is 16.1. The second-order valence-electron chi connectivity index (χ2n) is 7.50. The molecule has 1 unspecified atom stereocenters. The molecule has 1 fully saturated rings. The van der Waals surface area contributed by atoms with Gasteiger partial charge in [-0.15, -0.1) is 0 Å². The number of hydrogen-bond donors (Lipinski definition) is 0. The molecule has 1 aliphatic heterocycles. The molecule has 2 heterocycles. The van der Waals surface area contributed by atoms with E-state index in [2.05, 4.69) is 4.98 Å². The number of rotatable bonds is 4. The van der Waals surface area contributed by atoms with Crippen molar-refractivity contribution in [3.05, 3.63) is 82.6 Å². The third kappa shape index (κ3) is 3.55. The summed E-state index contributed by atoms with van der Waals surface area (Å²) in [6.07, 6.45) is 3.92. The number of carbonyl (C=O) groups excluding carboxylic acids is 2. The predicted molar refractivity (Wildman–Crippen MR) is 119 cm³/mol. The van der Waals surface area contributed by atoms with Crippen molar-refractivity contribution in [1.82, 2.24) is 9.88 Å². The molecular weight excluding hydrogens is 421 g/mol. The number of anilines is 1. The minimum Gasteiger partial charge on any atom is -0.312 e. The molecule has 0 saturated carbocycles. The van der Waals surface area contributed by atoms with Crippen LogP contribution in [0.2, 0.25) is 10.0 Å². The highest BCUT2D eigenvalue weighted by molar-refractivity contribution is 6.35. The highest BCUT2D eigenvalue weighted by Crippen LogP contribution is 2.36. The number of urea groups is 1. The third-order valence-corrected chi connectivity index (χ3v) is 5.92. The number of aromatic nitrogens is 1. The molecular formula is C23H19Cl2N3O2. The Morgan fingerprint density at radius 2 is 1.63 bits per heavy atom. The summed E-state index contributed by atoms with van der Waals surface area (Å²) >= 11 is 12.1. The summed E-state index contributed by atoms with van der Waals surface area (Å²) in [7, 11) is 1.64. The molecule has 0 aliphatic carbocycles. The highest BCUT2D eigenvalue weighted by atomic mass is 35.5. The number of likely N-dealkylation sites (N-methyl/N-ethyl adjacent to an activating group) is 1. The monoisotopic (exact) mass is 439 g/mol. The fourth-order valence-corrected chi connectivity index (χ4v) is 4.18. The van der Waals surface area contributed by atoms with Crippen LogP contribution in [0.1, 0.15) is 12.5 Å². The van der Waals surface area contributed by atoms with Crippen molar-refractivity contribution in [1.29, 1.82) is 0 Å². The minimum atomic E-state index is -1.03. The van der Waals surface area contributed by atoms with Gasteiger partial charge in [-0.3, -0.25) is 9.78 Å². The molecule has 0 spiro atoms. The molecule has 152 valence electrons. The third-order valence-electron chi connectivity index (χ3n) is 5.48. The van der Waals surface area contributed by atoms with Gasteiger partial charge in [-0.05, 0) is 47.9 Å². The molecule has 2 aromatic carbocycles. The van der Waals surface area contributed by atoms with Crippen molar-refractivity contribution in [2.45, 2.75) is 18.9 Å². The lowest BCUT2D eigenvalue weighted by Crippen LogP contribution is -2.47. The zero-order valence-electron chi connectivity index (χ0n) is 16.5. The average molecular weight is 440 g/mol. The molecule has 4 rings (SSSR count). The SMILES string of the molecule is CN1C(=O)N(c2cc(Cl)cc(Cl)c2)C(=O)C1(C)Cc1ccc(-c2cccnc2)cc1. The number of imide groups is 1. The smallest absolute Gasteiger partial charge is 0.312 e. The van der Waals surface area contributed by atoms with Gasteiger partial charge in [0, 0.05) is 35.9 Å². The van der Waals surface area contributed by atoms with E-state index in [1.54, 1.807) is 44.6 Å². The Balaban J connectivity index is 1.62. The zero-order chi connectivity index (χ0) is 21.5. The molecule has 3 amide bonds. The largest absolute Gasteiger partial charge is 0.332 e. The topological polar surface area (TPSA) is 53.5 Å². The van der Waals surface area contributed by atoms with Crippen LogP contribution < -0.4 is 4.90 Å². The summed E-state index contributed by atoms with van der Waals surface area (Å²) in [5.74, 6) is -0.315. The summed E-state index contributed by atoms with van der Waals surface area (Å²) < 4.78 is 0. The normalized spacial score (nSPS) is 18.9. The van der Waals surface area contributed by atoms with Crippen LogP contribution in [-0.4, -0.2) is 34.4 Å². The van der Waals surface area contributed by atoms with Gasteiger partial charge in [0.1, 0.15) is 5.54 Å². The first-order valence-corrected chi connectivity index (χ1v) is 10.1. The first kappa shape index (κ1) is 20.4. The lowest BCUT2D eigenvalue weighted by Gasteiger charge is -2.28. The van der Waals surface area contributed by atoms with E-state index in [0.717, 1.165) is 21.6 Å². The number of halogens is 2. The first-order valence-electron chi connectivity index (χ1n) is 9.37. The lowest BCUT2D eigenvalue weighted by molar-refractivity contribution is -0.123. The molecule has 1 aliphatic rings. The van der Waals surface area contributed by atoms with E-state index in [1.165, 1.54) is 4.90 Å². The van der Waals surface area contributed by atoms with Crippen LogP contribution in [0.3, 0.4) is 0 Å². The first-order chi connectivity index (χ1) is 14.3. The summed E-state index contributed by atoms with van der Waals surface area (Å²) in [4.78, 5) is 33.0. The second kappa shape index (κ2) is 7.74. The molecule has 1 atom stereocenters. The van der Waals surface area contributed by atoms with E-state index in [-0.39, 0.29) is 5.91 Å². The van der Waals surface area contributed by atoms with Crippen molar-refractivity contribution in [3.63, 3.8) is 0 Å². The molecule has 30 heavy (non-hydrogen) atoms. The molecule has 1 aromatic heterocycles. The molecule has 7 heteroatoms. The molecule has 1 saturated heterocycles. The Morgan fingerprint density at radius 1 is 0.967 bits per heavy atom. The van der Waals surface area contributed by atoms with E-state index in [0.29, 0.717) is 22.2 Å². The van der Waals surface area contributed by atoms with Gasteiger partial charge in [0.15, 0.2) is 0 Å². The predicted octanol–water partition coefficient (Wildman–Crippen LogP) is 5.46. The number of amides is 3. The Morgan fingerprint density at radius 3 is 2.23 bits per heavy atom. The van der Waals surface area contributed by atoms with E-state index < -0.39 is 11.6 Å². The minimum absolute atomic E-state index is 0.315. The Labute approximate surface area is 184 Å². The van der Waals surface area contributed by atoms with Gasteiger partial charge < -0.3 is 4.90 Å². The van der Waals surface area contributed by atoms with Crippen molar-refractivity contribution < 1.29 is 9.59 Å². The maximum Gasteiger partial charge on any atom is 0.332 e.